The van der Waals surface area contributed by atoms with Crippen LogP contribution < -0.4 is 5.73 Å². The molecule has 0 aliphatic heterocycles. The van der Waals surface area contributed by atoms with Crippen LogP contribution in [0.5, 0.6) is 0 Å². The monoisotopic (exact) mass is 424 g/mol. The van der Waals surface area contributed by atoms with Gasteiger partial charge in [-0.25, -0.2) is 9.78 Å². The Bertz CT molecular complexity index is 1250. The molecule has 0 saturated carbocycles. The number of aromatic carboxylic acids is 1. The van der Waals surface area contributed by atoms with E-state index >= 15 is 0 Å². The zero-order chi connectivity index (χ0) is 20.1. The van der Waals surface area contributed by atoms with E-state index in [0.29, 0.717) is 16.0 Å². The third-order valence-electron chi connectivity index (χ3n) is 5.47. The van der Waals surface area contributed by atoms with E-state index in [1.165, 1.54) is 5.56 Å². The lowest BCUT2D eigenvalue weighted by atomic mass is 9.79. The molecule has 4 aromatic rings. The summed E-state index contributed by atoms with van der Waals surface area (Å²) in [6, 6.07) is 13.8. The van der Waals surface area contributed by atoms with Gasteiger partial charge in [-0.05, 0) is 54.1 Å². The van der Waals surface area contributed by atoms with Crippen LogP contribution in [0.1, 0.15) is 45.3 Å². The number of furan rings is 1. The van der Waals surface area contributed by atoms with Crippen molar-refractivity contribution in [2.45, 2.75) is 25.2 Å². The maximum atomic E-state index is 11.7. The van der Waals surface area contributed by atoms with Gasteiger partial charge in [0.15, 0.2) is 5.22 Å². The number of carboxylic acids is 1. The second kappa shape index (κ2) is 6.90. The maximum absolute atomic E-state index is 11.7. The summed E-state index contributed by atoms with van der Waals surface area (Å²) >= 11 is 7.17. The molecular formula is C22H17ClN2O3S. The number of anilines is 1. The van der Waals surface area contributed by atoms with E-state index in [-0.39, 0.29) is 21.7 Å². The molecule has 7 heteroatoms. The molecule has 0 fully saturated rings. The number of pyridine rings is 1. The second-order valence-corrected chi connectivity index (χ2v) is 8.51. The number of carboxylic acid groups (broad SMARTS) is 1. The number of thiophene rings is 1. The van der Waals surface area contributed by atoms with E-state index in [0.717, 1.165) is 47.4 Å². The number of rotatable bonds is 3. The normalized spacial score (nSPS) is 16.1. The molecule has 1 aliphatic rings. The number of nitrogens with zero attached hydrogens (tertiary/aromatic N) is 1. The predicted octanol–water partition coefficient (Wildman–Crippen LogP) is 5.96. The predicted molar refractivity (Wildman–Crippen MR) is 115 cm³/mol. The Morgan fingerprint density at radius 2 is 2.03 bits per heavy atom. The van der Waals surface area contributed by atoms with Gasteiger partial charge in [0.05, 0.1) is 11.4 Å². The van der Waals surface area contributed by atoms with Gasteiger partial charge in [0.1, 0.15) is 15.5 Å². The largest absolute Gasteiger partial charge is 0.477 e. The highest BCUT2D eigenvalue weighted by molar-refractivity contribution is 7.21. The Labute approximate surface area is 175 Å². The molecule has 1 aliphatic carbocycles. The average molecular weight is 425 g/mol. The Hall–Kier alpha value is -2.83. The fraction of sp³-hybridized carbons (Fsp3) is 0.182. The van der Waals surface area contributed by atoms with Crippen LogP contribution in [-0.4, -0.2) is 16.1 Å². The topological polar surface area (TPSA) is 89.4 Å². The van der Waals surface area contributed by atoms with Crippen LogP contribution in [0.25, 0.3) is 21.5 Å². The summed E-state index contributed by atoms with van der Waals surface area (Å²) in [6.07, 6.45) is 2.81. The van der Waals surface area contributed by atoms with Crippen LogP contribution >= 0.6 is 22.9 Å². The number of hydrogen-bond acceptors (Lipinski definition) is 5. The van der Waals surface area contributed by atoms with Crippen molar-refractivity contribution in [2.75, 3.05) is 5.73 Å². The summed E-state index contributed by atoms with van der Waals surface area (Å²) < 4.78 is 5.75. The molecule has 3 aromatic heterocycles. The molecule has 1 unspecified atom stereocenters. The highest BCUT2D eigenvalue weighted by Crippen LogP contribution is 2.47. The first-order chi connectivity index (χ1) is 14.0. The number of fused-ring (bicyclic) bond motifs is 2. The van der Waals surface area contributed by atoms with Gasteiger partial charge in [-0.2, -0.15) is 0 Å². The van der Waals surface area contributed by atoms with Gasteiger partial charge in [-0.3, -0.25) is 0 Å². The maximum Gasteiger partial charge on any atom is 0.348 e. The molecule has 3 N–H and O–H groups in total. The number of hydrogen-bond donors (Lipinski definition) is 2. The smallest absolute Gasteiger partial charge is 0.348 e. The molecule has 0 radical (unpaired) electrons. The Kier molecular flexibility index (Phi) is 4.33. The van der Waals surface area contributed by atoms with Crippen LogP contribution in [-0.2, 0) is 6.42 Å². The van der Waals surface area contributed by atoms with Gasteiger partial charge in [-0.1, -0.05) is 30.3 Å². The quantitative estimate of drug-likeness (QED) is 0.423. The first-order valence-electron chi connectivity index (χ1n) is 9.33. The molecule has 5 nitrogen and oxygen atoms in total. The summed E-state index contributed by atoms with van der Waals surface area (Å²) in [4.78, 5) is 17.4. The van der Waals surface area contributed by atoms with Crippen LogP contribution in [0, 0.1) is 0 Å². The number of halogens is 1. The lowest BCUT2D eigenvalue weighted by Gasteiger charge is -2.27. The summed E-state index contributed by atoms with van der Waals surface area (Å²) in [6.45, 7) is 0. The van der Waals surface area contributed by atoms with Gasteiger partial charge < -0.3 is 15.3 Å². The van der Waals surface area contributed by atoms with E-state index in [4.69, 9.17) is 26.7 Å². The van der Waals surface area contributed by atoms with E-state index in [1.54, 1.807) is 12.1 Å². The molecule has 0 saturated heterocycles. The minimum atomic E-state index is -1.05. The van der Waals surface area contributed by atoms with Gasteiger partial charge in [0.2, 0.25) is 0 Å². The highest BCUT2D eigenvalue weighted by Gasteiger charge is 2.31. The zero-order valence-corrected chi connectivity index (χ0v) is 16.9. The standard InChI is InChI=1S/C22H17ClN2O3S/c23-15-10-9-14(28-15)16-13-8-4-7-12(11-5-2-1-3-6-11)19(13)25-21-17(16)18(24)20(29-21)22(26)27/h1-3,5-6,9-10,12H,4,7-8,24H2,(H,26,27). The molecule has 146 valence electrons. The van der Waals surface area contributed by atoms with Crippen molar-refractivity contribution < 1.29 is 14.3 Å². The van der Waals surface area contributed by atoms with Crippen molar-refractivity contribution in [1.29, 1.82) is 0 Å². The first-order valence-corrected chi connectivity index (χ1v) is 10.5. The van der Waals surface area contributed by atoms with E-state index in [1.807, 2.05) is 18.2 Å². The third kappa shape index (κ3) is 2.91. The number of aromatic nitrogens is 1. The van der Waals surface area contributed by atoms with Crippen molar-refractivity contribution in [3.8, 4) is 11.3 Å². The number of nitrogen functional groups attached to an aromatic ring is 1. The summed E-state index contributed by atoms with van der Waals surface area (Å²) in [5.74, 6) is -0.314. The molecule has 1 atom stereocenters. The van der Waals surface area contributed by atoms with Crippen LogP contribution in [0.3, 0.4) is 0 Å². The van der Waals surface area contributed by atoms with Crippen molar-refractivity contribution >= 4 is 44.8 Å². The Morgan fingerprint density at radius 1 is 1.24 bits per heavy atom. The molecular weight excluding hydrogens is 408 g/mol. The fourth-order valence-electron chi connectivity index (χ4n) is 4.26. The van der Waals surface area contributed by atoms with Gasteiger partial charge in [0, 0.05) is 16.9 Å². The van der Waals surface area contributed by atoms with Crippen LogP contribution in [0.4, 0.5) is 5.69 Å². The van der Waals surface area contributed by atoms with E-state index < -0.39 is 5.97 Å². The molecule has 0 amide bonds. The van der Waals surface area contributed by atoms with Gasteiger partial charge >= 0.3 is 5.97 Å². The first kappa shape index (κ1) is 18.2. The number of carbonyl (C=O) groups is 1. The van der Waals surface area contributed by atoms with Gasteiger partial charge in [-0.15, -0.1) is 11.3 Å². The van der Waals surface area contributed by atoms with E-state index in [2.05, 4.69) is 12.1 Å². The van der Waals surface area contributed by atoms with Crippen molar-refractivity contribution in [2.24, 2.45) is 0 Å². The zero-order valence-electron chi connectivity index (χ0n) is 15.3. The van der Waals surface area contributed by atoms with Gasteiger partial charge in [0.25, 0.3) is 0 Å². The van der Waals surface area contributed by atoms with Crippen LogP contribution in [0.2, 0.25) is 5.22 Å². The van der Waals surface area contributed by atoms with E-state index in [9.17, 15) is 9.90 Å². The second-order valence-electron chi connectivity index (χ2n) is 7.14. The fourth-order valence-corrected chi connectivity index (χ4v) is 5.35. The SMILES string of the molecule is Nc1c(C(=O)O)sc2nc3c(c(-c4ccc(Cl)o4)c12)CCCC3c1ccccc1. The minimum absolute atomic E-state index is 0.102. The summed E-state index contributed by atoms with van der Waals surface area (Å²) in [5, 5.41) is 10.5. The van der Waals surface area contributed by atoms with Crippen molar-refractivity contribution in [3.05, 3.63) is 69.4 Å². The third-order valence-corrected chi connectivity index (χ3v) is 6.77. The number of benzene rings is 1. The summed E-state index contributed by atoms with van der Waals surface area (Å²) in [5.41, 5.74) is 10.6. The molecule has 29 heavy (non-hydrogen) atoms. The summed E-state index contributed by atoms with van der Waals surface area (Å²) in [7, 11) is 0. The highest BCUT2D eigenvalue weighted by atomic mass is 35.5. The minimum Gasteiger partial charge on any atom is -0.477 e. The molecule has 5 rings (SSSR count). The average Bonchev–Trinajstić information content (AvgIpc) is 3.30. The molecule has 0 bridgehead atoms. The van der Waals surface area contributed by atoms with Crippen molar-refractivity contribution in [1.82, 2.24) is 4.98 Å². The lowest BCUT2D eigenvalue weighted by Crippen LogP contribution is -2.14. The Balaban J connectivity index is 1.86. The lowest BCUT2D eigenvalue weighted by molar-refractivity contribution is 0.0703. The molecule has 0 spiro atoms. The Morgan fingerprint density at radius 3 is 2.72 bits per heavy atom. The molecule has 3 heterocycles. The molecule has 1 aromatic carbocycles. The van der Waals surface area contributed by atoms with Crippen molar-refractivity contribution in [3.63, 3.8) is 0 Å². The number of nitrogens with two attached hydrogens (primary N) is 1. The van der Waals surface area contributed by atoms with Crippen LogP contribution in [0.15, 0.2) is 46.9 Å².